The van der Waals surface area contributed by atoms with Crippen molar-refractivity contribution >= 4 is 11.6 Å². The number of rotatable bonds is 3. The molecule has 0 bridgehead atoms. The van der Waals surface area contributed by atoms with Gasteiger partial charge in [0.25, 0.3) is 5.91 Å². The average molecular weight is 376 g/mol. The predicted molar refractivity (Wildman–Crippen MR) is 112 cm³/mol. The number of benzene rings is 2. The fraction of sp³-hybridized carbons (Fsp3) is 0.458. The molecule has 1 saturated carbocycles. The highest BCUT2D eigenvalue weighted by Crippen LogP contribution is 2.46. The van der Waals surface area contributed by atoms with Gasteiger partial charge in [-0.15, -0.1) is 0 Å². The van der Waals surface area contributed by atoms with Gasteiger partial charge in [0.05, 0.1) is 6.04 Å². The van der Waals surface area contributed by atoms with E-state index in [0.29, 0.717) is 24.0 Å². The maximum Gasteiger partial charge on any atom is 0.251 e. The Morgan fingerprint density at radius 3 is 2.57 bits per heavy atom. The third-order valence-electron chi connectivity index (χ3n) is 6.74. The van der Waals surface area contributed by atoms with Crippen molar-refractivity contribution in [2.24, 2.45) is 5.92 Å². The third kappa shape index (κ3) is 3.30. The molecule has 1 amide bonds. The second-order valence-electron chi connectivity index (χ2n) is 8.53. The van der Waals surface area contributed by atoms with Crippen molar-refractivity contribution in [2.75, 3.05) is 11.9 Å². The molecular weight excluding hydrogens is 346 g/mol. The van der Waals surface area contributed by atoms with Gasteiger partial charge in [-0.3, -0.25) is 4.79 Å². The summed E-state index contributed by atoms with van der Waals surface area (Å²) >= 11 is 0. The Kier molecular flexibility index (Phi) is 4.81. The molecule has 2 aliphatic heterocycles. The maximum atomic E-state index is 12.8. The van der Waals surface area contributed by atoms with Crippen LogP contribution in [0.1, 0.15) is 72.1 Å². The maximum absolute atomic E-state index is 12.8. The van der Waals surface area contributed by atoms with Gasteiger partial charge in [0.15, 0.2) is 0 Å². The molecule has 3 aliphatic rings. The molecule has 28 heavy (non-hydrogen) atoms. The van der Waals surface area contributed by atoms with Gasteiger partial charge in [-0.2, -0.15) is 0 Å². The van der Waals surface area contributed by atoms with Crippen molar-refractivity contribution < 1.29 is 4.79 Å². The second-order valence-corrected chi connectivity index (χ2v) is 8.53. The van der Waals surface area contributed by atoms with Gasteiger partial charge in [-0.1, -0.05) is 43.2 Å². The highest BCUT2D eigenvalue weighted by Gasteiger charge is 2.39. The van der Waals surface area contributed by atoms with Crippen LogP contribution in [0.3, 0.4) is 0 Å². The first-order chi connectivity index (χ1) is 13.8. The summed E-state index contributed by atoms with van der Waals surface area (Å²) in [6, 6.07) is 17.9. The largest absolute Gasteiger partial charge is 0.378 e. The molecule has 1 saturated heterocycles. The minimum absolute atomic E-state index is 0.0762. The van der Waals surface area contributed by atoms with Gasteiger partial charge in [0, 0.05) is 29.3 Å². The zero-order chi connectivity index (χ0) is 18.9. The Bertz CT molecular complexity index is 844. The molecule has 3 atom stereocenters. The van der Waals surface area contributed by atoms with Crippen molar-refractivity contribution in [2.45, 2.75) is 56.7 Å². The lowest BCUT2D eigenvalue weighted by atomic mass is 9.75. The number of nitrogens with one attached hydrogen (secondary N) is 3. The molecule has 2 fully saturated rings. The summed E-state index contributed by atoms with van der Waals surface area (Å²) < 4.78 is 0. The van der Waals surface area contributed by atoms with E-state index in [1.807, 2.05) is 6.07 Å². The third-order valence-corrected chi connectivity index (χ3v) is 6.74. The normalized spacial score (nSPS) is 26.8. The number of hydrogen-bond acceptors (Lipinski definition) is 3. The van der Waals surface area contributed by atoms with Crippen molar-refractivity contribution in [3.8, 4) is 0 Å². The van der Waals surface area contributed by atoms with Gasteiger partial charge in [0.2, 0.25) is 0 Å². The molecule has 2 aromatic rings. The molecule has 0 spiro atoms. The quantitative estimate of drug-likeness (QED) is 0.737. The number of carbonyl (C=O) groups is 1. The fourth-order valence-electron chi connectivity index (χ4n) is 5.31. The number of fused-ring (bicyclic) bond motifs is 3. The Morgan fingerprint density at radius 1 is 0.929 bits per heavy atom. The molecule has 146 valence electrons. The first-order valence-corrected chi connectivity index (χ1v) is 10.8. The summed E-state index contributed by atoms with van der Waals surface area (Å²) in [5, 5.41) is 10.8. The van der Waals surface area contributed by atoms with Gasteiger partial charge >= 0.3 is 0 Å². The van der Waals surface area contributed by atoms with E-state index in [2.05, 4.69) is 58.4 Å². The lowest BCUT2D eigenvalue weighted by molar-refractivity contribution is 0.0937. The van der Waals surface area contributed by atoms with Crippen LogP contribution in [-0.4, -0.2) is 18.5 Å². The van der Waals surface area contributed by atoms with E-state index >= 15 is 0 Å². The zero-order valence-electron chi connectivity index (χ0n) is 16.3. The van der Waals surface area contributed by atoms with Crippen LogP contribution in [0.5, 0.6) is 0 Å². The van der Waals surface area contributed by atoms with E-state index in [1.165, 1.54) is 36.8 Å². The lowest BCUT2D eigenvalue weighted by Gasteiger charge is -2.44. The summed E-state index contributed by atoms with van der Waals surface area (Å²) in [6.45, 7) is 1.04. The molecule has 4 nitrogen and oxygen atoms in total. The van der Waals surface area contributed by atoms with E-state index in [-0.39, 0.29) is 5.91 Å². The highest BCUT2D eigenvalue weighted by molar-refractivity contribution is 5.95. The van der Waals surface area contributed by atoms with Gasteiger partial charge < -0.3 is 16.0 Å². The molecule has 5 rings (SSSR count). The minimum Gasteiger partial charge on any atom is -0.378 e. The molecule has 1 unspecified atom stereocenters. The number of carbonyl (C=O) groups excluding carboxylic acids is 1. The smallest absolute Gasteiger partial charge is 0.251 e. The standard InChI is InChI=1S/C24H29N3O/c28-24(26-18-9-4-5-10-18)17-12-13-21-20(15-17)23-19(11-6-14-25-23)22(27-21)16-7-2-1-3-8-16/h1-3,7-8,12-13,15,18-19,22-23,25,27H,4-6,9-11,14H2,(H,26,28)/t19-,22?,23-/m0/s1. The summed E-state index contributed by atoms with van der Waals surface area (Å²) in [4.78, 5) is 12.8. The van der Waals surface area contributed by atoms with Crippen molar-refractivity contribution in [3.05, 3.63) is 65.2 Å². The van der Waals surface area contributed by atoms with E-state index in [1.54, 1.807) is 0 Å². The first kappa shape index (κ1) is 17.7. The summed E-state index contributed by atoms with van der Waals surface area (Å²) in [5.74, 6) is 0.573. The van der Waals surface area contributed by atoms with Gasteiger partial charge in [-0.25, -0.2) is 0 Å². The molecule has 3 N–H and O–H groups in total. The van der Waals surface area contributed by atoms with Gasteiger partial charge in [0.1, 0.15) is 0 Å². The van der Waals surface area contributed by atoms with Crippen LogP contribution in [0.25, 0.3) is 0 Å². The number of anilines is 1. The summed E-state index contributed by atoms with van der Waals surface area (Å²) in [6.07, 6.45) is 7.08. The van der Waals surface area contributed by atoms with Crippen LogP contribution >= 0.6 is 0 Å². The minimum atomic E-state index is 0.0762. The Hall–Kier alpha value is -2.33. The van der Waals surface area contributed by atoms with E-state index < -0.39 is 0 Å². The lowest BCUT2D eigenvalue weighted by Crippen LogP contribution is -2.43. The fourth-order valence-corrected chi connectivity index (χ4v) is 5.31. The topological polar surface area (TPSA) is 53.2 Å². The SMILES string of the molecule is O=C(NC1CCCC1)c1ccc2c(c1)[C@H]1NCCC[C@H]1C(c1ccccc1)N2. The van der Waals surface area contributed by atoms with E-state index in [4.69, 9.17) is 0 Å². The van der Waals surface area contributed by atoms with Crippen LogP contribution in [0.4, 0.5) is 5.69 Å². The van der Waals surface area contributed by atoms with Crippen LogP contribution < -0.4 is 16.0 Å². The molecule has 0 aromatic heterocycles. The number of amides is 1. The predicted octanol–water partition coefficient (Wildman–Crippen LogP) is 4.57. The van der Waals surface area contributed by atoms with Crippen molar-refractivity contribution in [3.63, 3.8) is 0 Å². The monoisotopic (exact) mass is 375 g/mol. The molecule has 2 heterocycles. The number of piperidine rings is 1. The molecule has 0 radical (unpaired) electrons. The van der Waals surface area contributed by atoms with E-state index in [0.717, 1.165) is 30.6 Å². The first-order valence-electron chi connectivity index (χ1n) is 10.8. The van der Waals surface area contributed by atoms with Crippen LogP contribution in [0, 0.1) is 5.92 Å². The molecule has 2 aromatic carbocycles. The highest BCUT2D eigenvalue weighted by atomic mass is 16.1. The molecule has 1 aliphatic carbocycles. The summed E-state index contributed by atoms with van der Waals surface area (Å²) in [7, 11) is 0. The zero-order valence-corrected chi connectivity index (χ0v) is 16.3. The second kappa shape index (κ2) is 7.59. The molecular formula is C24H29N3O. The molecule has 4 heteroatoms. The van der Waals surface area contributed by atoms with E-state index in [9.17, 15) is 4.79 Å². The van der Waals surface area contributed by atoms with Crippen LogP contribution in [-0.2, 0) is 0 Å². The van der Waals surface area contributed by atoms with Crippen LogP contribution in [0.2, 0.25) is 0 Å². The van der Waals surface area contributed by atoms with Crippen molar-refractivity contribution in [1.82, 2.24) is 10.6 Å². The van der Waals surface area contributed by atoms with Crippen LogP contribution in [0.15, 0.2) is 48.5 Å². The Morgan fingerprint density at radius 2 is 1.75 bits per heavy atom. The Balaban J connectivity index is 1.44. The summed E-state index contributed by atoms with van der Waals surface area (Å²) in [5.41, 5.74) is 4.53. The number of hydrogen-bond donors (Lipinski definition) is 3. The average Bonchev–Trinajstić information content (AvgIpc) is 3.26. The van der Waals surface area contributed by atoms with Gasteiger partial charge in [-0.05, 0) is 61.6 Å². The van der Waals surface area contributed by atoms with Crippen molar-refractivity contribution in [1.29, 1.82) is 0 Å². The Labute approximate surface area is 167 Å².